The van der Waals surface area contributed by atoms with Crippen molar-refractivity contribution >= 4 is 0 Å². The van der Waals surface area contributed by atoms with Gasteiger partial charge in [0.2, 0.25) is 0 Å². The van der Waals surface area contributed by atoms with Crippen LogP contribution in [0.3, 0.4) is 0 Å². The molecule has 2 nitrogen and oxygen atoms in total. The van der Waals surface area contributed by atoms with Gasteiger partial charge in [-0.05, 0) is 31.3 Å². The third-order valence-corrected chi connectivity index (χ3v) is 3.22. The highest BCUT2D eigenvalue weighted by atomic mass is 16.5. The van der Waals surface area contributed by atoms with Crippen LogP contribution in [0.25, 0.3) is 0 Å². The van der Waals surface area contributed by atoms with Gasteiger partial charge in [-0.15, -0.1) is 0 Å². The van der Waals surface area contributed by atoms with Crippen molar-refractivity contribution in [2.75, 3.05) is 19.8 Å². The minimum absolute atomic E-state index is 0.279. The Hall–Kier alpha value is -0.340. The van der Waals surface area contributed by atoms with Crippen molar-refractivity contribution < 1.29 is 9.84 Å². The van der Waals surface area contributed by atoms with Gasteiger partial charge < -0.3 is 9.84 Å². The zero-order chi connectivity index (χ0) is 8.55. The van der Waals surface area contributed by atoms with Gasteiger partial charge in [-0.3, -0.25) is 0 Å². The molecule has 1 fully saturated rings. The molecule has 2 rings (SSSR count). The summed E-state index contributed by atoms with van der Waals surface area (Å²) in [5, 5.41) is 9.12. The standard InChI is InChI=1S/C10H16O2/c1-7-2-3-9-8(4-11)5-12-6-10(7)9/h8-9,11H,2-6H2,1H3. The van der Waals surface area contributed by atoms with Crippen molar-refractivity contribution in [2.24, 2.45) is 11.8 Å². The number of aliphatic hydroxyl groups excluding tert-OH is 1. The lowest BCUT2D eigenvalue weighted by molar-refractivity contribution is 0.0299. The molecule has 1 aliphatic carbocycles. The molecule has 0 aromatic heterocycles. The van der Waals surface area contributed by atoms with Gasteiger partial charge in [0, 0.05) is 12.5 Å². The highest BCUT2D eigenvalue weighted by molar-refractivity contribution is 5.23. The molecule has 1 saturated heterocycles. The topological polar surface area (TPSA) is 29.5 Å². The van der Waals surface area contributed by atoms with E-state index in [1.807, 2.05) is 0 Å². The second-order valence-corrected chi connectivity index (χ2v) is 3.91. The van der Waals surface area contributed by atoms with Crippen LogP contribution in [0.4, 0.5) is 0 Å². The predicted octanol–water partition coefficient (Wildman–Crippen LogP) is 1.35. The van der Waals surface area contributed by atoms with Gasteiger partial charge in [0.25, 0.3) is 0 Å². The van der Waals surface area contributed by atoms with E-state index in [1.54, 1.807) is 0 Å². The Morgan fingerprint density at radius 2 is 2.42 bits per heavy atom. The number of hydrogen-bond donors (Lipinski definition) is 1. The average Bonchev–Trinajstić information content (AvgIpc) is 2.48. The van der Waals surface area contributed by atoms with Crippen molar-refractivity contribution in [3.8, 4) is 0 Å². The maximum atomic E-state index is 9.12. The maximum Gasteiger partial charge on any atom is 0.0682 e. The minimum atomic E-state index is 0.279. The van der Waals surface area contributed by atoms with Crippen molar-refractivity contribution in [3.05, 3.63) is 11.1 Å². The quantitative estimate of drug-likeness (QED) is 0.599. The highest BCUT2D eigenvalue weighted by Crippen LogP contribution is 2.39. The van der Waals surface area contributed by atoms with E-state index >= 15 is 0 Å². The fourth-order valence-corrected chi connectivity index (χ4v) is 2.39. The minimum Gasteiger partial charge on any atom is -0.396 e. The van der Waals surface area contributed by atoms with Crippen molar-refractivity contribution in [3.63, 3.8) is 0 Å². The molecule has 1 N–H and O–H groups in total. The van der Waals surface area contributed by atoms with Crippen LogP contribution < -0.4 is 0 Å². The van der Waals surface area contributed by atoms with E-state index in [1.165, 1.54) is 24.0 Å². The van der Waals surface area contributed by atoms with Crippen molar-refractivity contribution in [1.82, 2.24) is 0 Å². The van der Waals surface area contributed by atoms with E-state index in [0.717, 1.165) is 13.2 Å². The molecule has 2 unspecified atom stereocenters. The first-order valence-electron chi connectivity index (χ1n) is 4.70. The average molecular weight is 168 g/mol. The number of ether oxygens (including phenoxy) is 1. The monoisotopic (exact) mass is 168 g/mol. The maximum absolute atomic E-state index is 9.12. The molecule has 0 amide bonds. The molecular weight excluding hydrogens is 152 g/mol. The van der Waals surface area contributed by atoms with Crippen LogP contribution in [-0.4, -0.2) is 24.9 Å². The fraction of sp³-hybridized carbons (Fsp3) is 0.800. The van der Waals surface area contributed by atoms with E-state index in [-0.39, 0.29) is 6.61 Å². The third kappa shape index (κ3) is 1.19. The molecule has 0 saturated carbocycles. The molecule has 2 aliphatic rings. The van der Waals surface area contributed by atoms with E-state index in [9.17, 15) is 0 Å². The molecule has 1 aliphatic heterocycles. The summed E-state index contributed by atoms with van der Waals surface area (Å²) in [5.74, 6) is 0.995. The number of allylic oxidation sites excluding steroid dienone is 1. The number of hydrogen-bond acceptors (Lipinski definition) is 2. The van der Waals surface area contributed by atoms with Crippen molar-refractivity contribution in [2.45, 2.75) is 19.8 Å². The molecule has 0 bridgehead atoms. The summed E-state index contributed by atoms with van der Waals surface area (Å²) in [6.45, 7) is 4.03. The summed E-state index contributed by atoms with van der Waals surface area (Å²) in [4.78, 5) is 0. The van der Waals surface area contributed by atoms with Gasteiger partial charge in [-0.1, -0.05) is 5.57 Å². The zero-order valence-corrected chi connectivity index (χ0v) is 7.55. The molecule has 0 aromatic rings. The predicted molar refractivity (Wildman–Crippen MR) is 46.8 cm³/mol. The molecular formula is C10H16O2. The Morgan fingerprint density at radius 1 is 1.58 bits per heavy atom. The van der Waals surface area contributed by atoms with Crippen molar-refractivity contribution in [1.29, 1.82) is 0 Å². The van der Waals surface area contributed by atoms with Crippen LogP contribution in [0.5, 0.6) is 0 Å². The van der Waals surface area contributed by atoms with E-state index in [2.05, 4.69) is 6.92 Å². The van der Waals surface area contributed by atoms with Crippen LogP contribution >= 0.6 is 0 Å². The van der Waals surface area contributed by atoms with E-state index in [0.29, 0.717) is 11.8 Å². The number of fused-ring (bicyclic) bond motifs is 1. The lowest BCUT2D eigenvalue weighted by Crippen LogP contribution is -2.30. The molecule has 0 spiro atoms. The summed E-state index contributed by atoms with van der Waals surface area (Å²) in [5.41, 5.74) is 2.97. The normalized spacial score (nSPS) is 35.5. The SMILES string of the molecule is CC1=C2COCC(CO)C2CC1. The lowest BCUT2D eigenvalue weighted by atomic mass is 9.86. The fourth-order valence-electron chi connectivity index (χ4n) is 2.39. The summed E-state index contributed by atoms with van der Waals surface area (Å²) in [7, 11) is 0. The first-order valence-corrected chi connectivity index (χ1v) is 4.70. The third-order valence-electron chi connectivity index (χ3n) is 3.22. The van der Waals surface area contributed by atoms with Crippen LogP contribution in [0.2, 0.25) is 0 Å². The second-order valence-electron chi connectivity index (χ2n) is 3.91. The molecule has 0 radical (unpaired) electrons. The Kier molecular flexibility index (Phi) is 2.20. The van der Waals surface area contributed by atoms with Crippen LogP contribution in [0.15, 0.2) is 11.1 Å². The first-order chi connectivity index (χ1) is 5.83. The summed E-state index contributed by atoms with van der Waals surface area (Å²) >= 11 is 0. The van der Waals surface area contributed by atoms with Gasteiger partial charge >= 0.3 is 0 Å². The Balaban J connectivity index is 2.17. The molecule has 2 heteroatoms. The lowest BCUT2D eigenvalue weighted by Gasteiger charge is -2.29. The van der Waals surface area contributed by atoms with Crippen LogP contribution in [0, 0.1) is 11.8 Å². The second kappa shape index (κ2) is 3.19. The molecule has 2 atom stereocenters. The molecule has 1 heterocycles. The van der Waals surface area contributed by atoms with Gasteiger partial charge in [0.1, 0.15) is 0 Å². The number of rotatable bonds is 1. The largest absolute Gasteiger partial charge is 0.396 e. The summed E-state index contributed by atoms with van der Waals surface area (Å²) in [6.07, 6.45) is 2.44. The van der Waals surface area contributed by atoms with Gasteiger partial charge in [0.15, 0.2) is 0 Å². The van der Waals surface area contributed by atoms with Gasteiger partial charge in [0.05, 0.1) is 13.2 Å². The molecule has 12 heavy (non-hydrogen) atoms. The molecule has 68 valence electrons. The Labute approximate surface area is 73.2 Å². The van der Waals surface area contributed by atoms with Crippen LogP contribution in [0.1, 0.15) is 19.8 Å². The van der Waals surface area contributed by atoms with Crippen LogP contribution in [-0.2, 0) is 4.74 Å². The highest BCUT2D eigenvalue weighted by Gasteiger charge is 2.33. The summed E-state index contributed by atoms with van der Waals surface area (Å²) < 4.78 is 5.44. The Bertz CT molecular complexity index is 208. The van der Waals surface area contributed by atoms with E-state index in [4.69, 9.17) is 9.84 Å². The zero-order valence-electron chi connectivity index (χ0n) is 7.55. The summed E-state index contributed by atoms with van der Waals surface area (Å²) in [6, 6.07) is 0. The van der Waals surface area contributed by atoms with E-state index < -0.39 is 0 Å². The molecule has 0 aromatic carbocycles. The van der Waals surface area contributed by atoms with Gasteiger partial charge in [-0.2, -0.15) is 0 Å². The Morgan fingerprint density at radius 3 is 3.17 bits per heavy atom. The first kappa shape index (κ1) is 8.27. The number of aliphatic hydroxyl groups is 1. The smallest absolute Gasteiger partial charge is 0.0682 e. The van der Waals surface area contributed by atoms with Gasteiger partial charge in [-0.25, -0.2) is 0 Å².